The number of unbranched alkanes of at least 4 members (excludes halogenated alkanes) is 1. The molecule has 0 heterocycles. The Balaban J connectivity index is 2.75. The number of amides is 1. The molecule has 1 aromatic rings. The van der Waals surface area contributed by atoms with E-state index >= 15 is 0 Å². The van der Waals surface area contributed by atoms with Crippen LogP contribution in [0.2, 0.25) is 0 Å². The summed E-state index contributed by atoms with van der Waals surface area (Å²) < 4.78 is 39.6. The highest BCUT2D eigenvalue weighted by molar-refractivity contribution is 5.78. The molecule has 0 aliphatic rings. The molecule has 0 radical (unpaired) electrons. The molecule has 0 saturated carbocycles. The van der Waals surface area contributed by atoms with Crippen LogP contribution in [0, 0.1) is 5.92 Å². The van der Waals surface area contributed by atoms with E-state index < -0.39 is 18.3 Å². The molecule has 1 atom stereocenters. The number of carbonyl (C=O) groups excluding carboxylic acids is 1. The number of nitrogens with zero attached hydrogens (tertiary/aromatic N) is 1. The average molecular weight is 357 g/mol. The van der Waals surface area contributed by atoms with Gasteiger partial charge in [-0.05, 0) is 25.0 Å². The van der Waals surface area contributed by atoms with Gasteiger partial charge in [0.25, 0.3) is 5.92 Å². The lowest BCUT2D eigenvalue weighted by Crippen LogP contribution is -2.33. The van der Waals surface area contributed by atoms with Gasteiger partial charge < -0.3 is 14.4 Å². The third-order valence-corrected chi connectivity index (χ3v) is 3.99. The maximum atomic E-state index is 14.6. The number of carbonyl (C=O) groups is 1. The number of rotatable bonds is 11. The number of hydrogen-bond acceptors (Lipinski definition) is 3. The number of ether oxygens (including phenoxy) is 2. The average Bonchev–Trinajstić information content (AvgIpc) is 2.58. The zero-order valence-electron chi connectivity index (χ0n) is 15.6. The number of alkyl halides is 2. The third kappa shape index (κ3) is 6.98. The highest BCUT2D eigenvalue weighted by Gasteiger charge is 2.34. The van der Waals surface area contributed by atoms with Gasteiger partial charge in [0.2, 0.25) is 5.91 Å². The van der Waals surface area contributed by atoms with Crippen molar-refractivity contribution in [3.8, 4) is 5.75 Å². The molecule has 1 aromatic carbocycles. The molecule has 0 N–H and O–H groups in total. The SMILES string of the molecule is CCCCOc1cccc(C(F)(F)CCC(COC)C(=O)N(C)C)c1. The van der Waals surface area contributed by atoms with Crippen LogP contribution in [0.15, 0.2) is 24.3 Å². The summed E-state index contributed by atoms with van der Waals surface area (Å²) >= 11 is 0. The number of hydrogen-bond donors (Lipinski definition) is 0. The van der Waals surface area contributed by atoms with Gasteiger partial charge in [-0.25, -0.2) is 8.78 Å². The van der Waals surface area contributed by atoms with Crippen LogP contribution in [-0.4, -0.2) is 45.2 Å². The van der Waals surface area contributed by atoms with Crippen molar-refractivity contribution < 1.29 is 23.0 Å². The van der Waals surface area contributed by atoms with E-state index in [1.165, 1.54) is 24.1 Å². The summed E-state index contributed by atoms with van der Waals surface area (Å²) in [4.78, 5) is 13.5. The molecule has 0 aromatic heterocycles. The lowest BCUT2D eigenvalue weighted by atomic mass is 9.96. The van der Waals surface area contributed by atoms with E-state index in [0.29, 0.717) is 12.4 Å². The summed E-state index contributed by atoms with van der Waals surface area (Å²) in [6.07, 6.45) is 1.50. The molecule has 0 saturated heterocycles. The lowest BCUT2D eigenvalue weighted by Gasteiger charge is -2.23. The molecule has 6 heteroatoms. The third-order valence-electron chi connectivity index (χ3n) is 3.99. The van der Waals surface area contributed by atoms with Crippen LogP contribution in [0.1, 0.15) is 38.2 Å². The molecule has 0 aliphatic heterocycles. The summed E-state index contributed by atoms with van der Waals surface area (Å²) in [5.74, 6) is -3.35. The van der Waals surface area contributed by atoms with Crippen molar-refractivity contribution in [1.29, 1.82) is 0 Å². The van der Waals surface area contributed by atoms with Crippen LogP contribution in [0.5, 0.6) is 5.75 Å². The quantitative estimate of drug-likeness (QED) is 0.560. The summed E-state index contributed by atoms with van der Waals surface area (Å²) in [6, 6.07) is 6.03. The number of benzene rings is 1. The fourth-order valence-corrected chi connectivity index (χ4v) is 2.49. The monoisotopic (exact) mass is 357 g/mol. The fourth-order valence-electron chi connectivity index (χ4n) is 2.49. The van der Waals surface area contributed by atoms with Gasteiger partial charge in [-0.3, -0.25) is 4.79 Å². The molecule has 0 fully saturated rings. The molecule has 25 heavy (non-hydrogen) atoms. The van der Waals surface area contributed by atoms with Crippen LogP contribution in [0.4, 0.5) is 8.78 Å². The Hall–Kier alpha value is -1.69. The predicted octanol–water partition coefficient (Wildman–Crippen LogP) is 4.09. The van der Waals surface area contributed by atoms with E-state index in [9.17, 15) is 13.6 Å². The minimum Gasteiger partial charge on any atom is -0.494 e. The van der Waals surface area contributed by atoms with Gasteiger partial charge in [0, 0.05) is 33.2 Å². The second-order valence-electron chi connectivity index (χ2n) is 6.36. The smallest absolute Gasteiger partial charge is 0.273 e. The molecule has 1 amide bonds. The molecular weight excluding hydrogens is 328 g/mol. The van der Waals surface area contributed by atoms with E-state index in [4.69, 9.17) is 9.47 Å². The summed E-state index contributed by atoms with van der Waals surface area (Å²) in [5.41, 5.74) is -0.0880. The van der Waals surface area contributed by atoms with Crippen molar-refractivity contribution in [2.75, 3.05) is 34.4 Å². The second-order valence-corrected chi connectivity index (χ2v) is 6.36. The van der Waals surface area contributed by atoms with Gasteiger partial charge in [0.1, 0.15) is 5.75 Å². The van der Waals surface area contributed by atoms with Crippen LogP contribution < -0.4 is 4.74 Å². The maximum absolute atomic E-state index is 14.6. The molecule has 0 bridgehead atoms. The number of halogens is 2. The molecular formula is C19H29F2NO3. The summed E-state index contributed by atoms with van der Waals surface area (Å²) in [7, 11) is 4.69. The van der Waals surface area contributed by atoms with Gasteiger partial charge in [-0.2, -0.15) is 0 Å². The van der Waals surface area contributed by atoms with E-state index in [2.05, 4.69) is 0 Å². The van der Waals surface area contributed by atoms with Gasteiger partial charge in [-0.1, -0.05) is 25.5 Å². The van der Waals surface area contributed by atoms with E-state index in [0.717, 1.165) is 12.8 Å². The summed E-state index contributed by atoms with van der Waals surface area (Å²) in [6.45, 7) is 2.69. The highest BCUT2D eigenvalue weighted by Crippen LogP contribution is 2.36. The van der Waals surface area contributed by atoms with Crippen LogP contribution in [-0.2, 0) is 15.5 Å². The minimum absolute atomic E-state index is 0.0543. The second kappa shape index (κ2) is 10.3. The first-order valence-corrected chi connectivity index (χ1v) is 8.63. The first-order chi connectivity index (χ1) is 11.8. The first kappa shape index (κ1) is 21.4. The highest BCUT2D eigenvalue weighted by atomic mass is 19.3. The minimum atomic E-state index is -3.03. The standard InChI is InChI=1S/C19H29F2NO3/c1-5-6-12-25-17-9-7-8-16(13-17)19(20,21)11-10-15(14-24-4)18(23)22(2)3/h7-9,13,15H,5-6,10-12,14H2,1-4H3. The number of methoxy groups -OCH3 is 1. The first-order valence-electron chi connectivity index (χ1n) is 8.63. The zero-order valence-corrected chi connectivity index (χ0v) is 15.6. The van der Waals surface area contributed by atoms with Crippen molar-refractivity contribution in [2.24, 2.45) is 5.92 Å². The fraction of sp³-hybridized carbons (Fsp3) is 0.632. The van der Waals surface area contributed by atoms with Crippen LogP contribution in [0.3, 0.4) is 0 Å². The van der Waals surface area contributed by atoms with Crippen molar-refractivity contribution in [3.63, 3.8) is 0 Å². The molecule has 142 valence electrons. The van der Waals surface area contributed by atoms with Gasteiger partial charge in [0.05, 0.1) is 19.1 Å². The zero-order chi connectivity index (χ0) is 18.9. The van der Waals surface area contributed by atoms with Gasteiger partial charge in [-0.15, -0.1) is 0 Å². The topological polar surface area (TPSA) is 38.8 Å². The van der Waals surface area contributed by atoms with Crippen molar-refractivity contribution >= 4 is 5.91 Å². The van der Waals surface area contributed by atoms with Crippen molar-refractivity contribution in [1.82, 2.24) is 4.90 Å². The Morgan fingerprint density at radius 1 is 1.32 bits per heavy atom. The van der Waals surface area contributed by atoms with Gasteiger partial charge in [0.15, 0.2) is 0 Å². The summed E-state index contributed by atoms with van der Waals surface area (Å²) in [5, 5.41) is 0. The normalized spacial score (nSPS) is 12.7. The maximum Gasteiger partial charge on any atom is 0.273 e. The van der Waals surface area contributed by atoms with E-state index in [-0.39, 0.29) is 24.5 Å². The lowest BCUT2D eigenvalue weighted by molar-refractivity contribution is -0.135. The molecule has 0 aliphatic carbocycles. The Labute approximate surface area is 149 Å². The van der Waals surface area contributed by atoms with Crippen LogP contribution >= 0.6 is 0 Å². The van der Waals surface area contributed by atoms with E-state index in [1.54, 1.807) is 26.2 Å². The molecule has 0 spiro atoms. The molecule has 1 unspecified atom stereocenters. The van der Waals surface area contributed by atoms with Gasteiger partial charge >= 0.3 is 0 Å². The van der Waals surface area contributed by atoms with E-state index in [1.807, 2.05) is 6.92 Å². The Kier molecular flexibility index (Phi) is 8.83. The van der Waals surface area contributed by atoms with Crippen molar-refractivity contribution in [2.45, 2.75) is 38.5 Å². The Morgan fingerprint density at radius 2 is 2.04 bits per heavy atom. The largest absolute Gasteiger partial charge is 0.494 e. The van der Waals surface area contributed by atoms with Crippen LogP contribution in [0.25, 0.3) is 0 Å². The van der Waals surface area contributed by atoms with Crippen molar-refractivity contribution in [3.05, 3.63) is 29.8 Å². The molecule has 4 nitrogen and oxygen atoms in total. The Bertz CT molecular complexity index is 535. The predicted molar refractivity (Wildman–Crippen MR) is 94.0 cm³/mol. The Morgan fingerprint density at radius 3 is 2.64 bits per heavy atom. The molecule has 1 rings (SSSR count).